The van der Waals surface area contributed by atoms with Crippen LogP contribution >= 0.6 is 0 Å². The van der Waals surface area contributed by atoms with Gasteiger partial charge in [-0.05, 0) is 23.8 Å². The van der Waals surface area contributed by atoms with Gasteiger partial charge in [0.05, 0.1) is 5.69 Å². The fourth-order valence-electron chi connectivity index (χ4n) is 2.18. The molecule has 0 amide bonds. The first-order chi connectivity index (χ1) is 9.19. The SMILES string of the molecule is [B]c1ccc(-c2[nH]c3ccc(F)cc3c2C=O)cc1. The Hall–Kier alpha value is -2.36. The minimum Gasteiger partial charge on any atom is -0.354 e. The molecule has 0 aliphatic rings. The van der Waals surface area contributed by atoms with E-state index in [-0.39, 0.29) is 5.82 Å². The fraction of sp³-hybridized carbons (Fsp3) is 0. The molecule has 1 N–H and O–H groups in total. The monoisotopic (exact) mass is 249 g/mol. The Morgan fingerprint density at radius 1 is 1.11 bits per heavy atom. The molecule has 1 heterocycles. The molecule has 0 aliphatic carbocycles. The van der Waals surface area contributed by atoms with Crippen molar-refractivity contribution in [2.24, 2.45) is 0 Å². The lowest BCUT2D eigenvalue weighted by Crippen LogP contribution is -1.99. The van der Waals surface area contributed by atoms with Gasteiger partial charge in [0.2, 0.25) is 0 Å². The van der Waals surface area contributed by atoms with Gasteiger partial charge in [0, 0.05) is 16.5 Å². The third-order valence-corrected chi connectivity index (χ3v) is 3.12. The number of nitrogens with one attached hydrogen (secondary N) is 1. The van der Waals surface area contributed by atoms with Crippen LogP contribution in [0.1, 0.15) is 10.4 Å². The largest absolute Gasteiger partial charge is 0.354 e. The Labute approximate surface area is 110 Å². The summed E-state index contributed by atoms with van der Waals surface area (Å²) in [5, 5.41) is 0.585. The molecular formula is C15H9BFNO. The quantitative estimate of drug-likeness (QED) is 0.549. The topological polar surface area (TPSA) is 32.9 Å². The molecule has 0 aliphatic heterocycles. The van der Waals surface area contributed by atoms with E-state index < -0.39 is 0 Å². The maximum absolute atomic E-state index is 13.3. The number of aromatic amines is 1. The Kier molecular flexibility index (Phi) is 2.71. The van der Waals surface area contributed by atoms with E-state index in [1.54, 1.807) is 18.2 Å². The van der Waals surface area contributed by atoms with E-state index >= 15 is 0 Å². The van der Waals surface area contributed by atoms with Crippen molar-refractivity contribution in [3.8, 4) is 11.3 Å². The van der Waals surface area contributed by atoms with Gasteiger partial charge in [-0.2, -0.15) is 0 Å². The van der Waals surface area contributed by atoms with Gasteiger partial charge in [0.15, 0.2) is 6.29 Å². The fourth-order valence-corrected chi connectivity index (χ4v) is 2.18. The number of carbonyl (C=O) groups excluding carboxylic acids is 1. The number of hydrogen-bond donors (Lipinski definition) is 1. The van der Waals surface area contributed by atoms with Crippen molar-refractivity contribution in [3.05, 3.63) is 53.8 Å². The van der Waals surface area contributed by atoms with E-state index in [0.717, 1.165) is 17.4 Å². The van der Waals surface area contributed by atoms with Crippen molar-refractivity contribution in [3.63, 3.8) is 0 Å². The molecule has 3 rings (SSSR count). The van der Waals surface area contributed by atoms with Crippen LogP contribution in [0.2, 0.25) is 0 Å². The smallest absolute Gasteiger partial charge is 0.152 e. The van der Waals surface area contributed by atoms with Gasteiger partial charge >= 0.3 is 0 Å². The van der Waals surface area contributed by atoms with E-state index in [2.05, 4.69) is 4.98 Å². The van der Waals surface area contributed by atoms with Crippen LogP contribution < -0.4 is 5.46 Å². The second kappa shape index (κ2) is 4.39. The molecule has 2 aromatic carbocycles. The van der Waals surface area contributed by atoms with Crippen LogP contribution in [0.25, 0.3) is 22.2 Å². The first kappa shape index (κ1) is 11.7. The molecule has 0 saturated carbocycles. The van der Waals surface area contributed by atoms with Gasteiger partial charge in [-0.25, -0.2) is 4.39 Å². The van der Waals surface area contributed by atoms with Crippen molar-refractivity contribution < 1.29 is 9.18 Å². The van der Waals surface area contributed by atoms with Crippen LogP contribution in [-0.2, 0) is 0 Å². The molecule has 0 fully saturated rings. The van der Waals surface area contributed by atoms with Crippen LogP contribution in [0.3, 0.4) is 0 Å². The zero-order chi connectivity index (χ0) is 13.4. The van der Waals surface area contributed by atoms with Gasteiger partial charge in [0.25, 0.3) is 0 Å². The molecule has 2 radical (unpaired) electrons. The molecule has 0 atom stereocenters. The van der Waals surface area contributed by atoms with Gasteiger partial charge in [-0.15, -0.1) is 0 Å². The van der Waals surface area contributed by atoms with E-state index in [1.807, 2.05) is 12.1 Å². The molecule has 0 unspecified atom stereocenters. The molecule has 3 aromatic rings. The third-order valence-electron chi connectivity index (χ3n) is 3.12. The number of rotatable bonds is 2. The molecule has 0 spiro atoms. The average molecular weight is 249 g/mol. The third kappa shape index (κ3) is 1.95. The van der Waals surface area contributed by atoms with Gasteiger partial charge in [-0.1, -0.05) is 29.7 Å². The number of benzene rings is 2. The van der Waals surface area contributed by atoms with E-state index in [9.17, 15) is 9.18 Å². The number of aldehydes is 1. The number of hydrogen-bond acceptors (Lipinski definition) is 1. The maximum Gasteiger partial charge on any atom is 0.152 e. The number of halogens is 1. The van der Waals surface area contributed by atoms with Crippen molar-refractivity contribution in [1.29, 1.82) is 0 Å². The standard InChI is InChI=1S/C15H9BFNO/c16-10-3-1-9(2-4-10)15-13(8-19)12-7-11(17)5-6-14(12)18-15/h1-8,18H. The number of aromatic nitrogens is 1. The van der Waals surface area contributed by atoms with Crippen LogP contribution in [0.4, 0.5) is 4.39 Å². The maximum atomic E-state index is 13.3. The van der Waals surface area contributed by atoms with Gasteiger partial charge in [-0.3, -0.25) is 4.79 Å². The second-order valence-corrected chi connectivity index (χ2v) is 4.34. The molecule has 0 saturated heterocycles. The first-order valence-corrected chi connectivity index (χ1v) is 5.81. The van der Waals surface area contributed by atoms with E-state index in [4.69, 9.17) is 7.85 Å². The number of H-pyrrole nitrogens is 1. The van der Waals surface area contributed by atoms with Gasteiger partial charge in [0.1, 0.15) is 13.7 Å². The second-order valence-electron chi connectivity index (χ2n) is 4.34. The lowest BCUT2D eigenvalue weighted by molar-refractivity contribution is 0.112. The Morgan fingerprint density at radius 3 is 2.53 bits per heavy atom. The van der Waals surface area contributed by atoms with E-state index in [1.165, 1.54) is 12.1 Å². The summed E-state index contributed by atoms with van der Waals surface area (Å²) in [7, 11) is 5.64. The summed E-state index contributed by atoms with van der Waals surface area (Å²) >= 11 is 0. The number of carbonyl (C=O) groups is 1. The Balaban J connectivity index is 2.28. The zero-order valence-corrected chi connectivity index (χ0v) is 9.98. The van der Waals surface area contributed by atoms with Crippen molar-refractivity contribution >= 4 is 30.5 Å². The zero-order valence-electron chi connectivity index (χ0n) is 9.98. The lowest BCUT2D eigenvalue weighted by Gasteiger charge is -2.00. The molecule has 19 heavy (non-hydrogen) atoms. The van der Waals surface area contributed by atoms with Crippen molar-refractivity contribution in [2.45, 2.75) is 0 Å². The summed E-state index contributed by atoms with van der Waals surface area (Å²) in [6.07, 6.45) is 0.740. The molecule has 90 valence electrons. The summed E-state index contributed by atoms with van der Waals surface area (Å²) < 4.78 is 13.3. The average Bonchev–Trinajstić information content (AvgIpc) is 2.77. The predicted molar refractivity (Wildman–Crippen MR) is 74.5 cm³/mol. The highest BCUT2D eigenvalue weighted by Crippen LogP contribution is 2.29. The van der Waals surface area contributed by atoms with Crippen LogP contribution in [-0.4, -0.2) is 19.1 Å². The lowest BCUT2D eigenvalue weighted by atomic mass is 9.94. The highest BCUT2D eigenvalue weighted by Gasteiger charge is 2.12. The molecule has 4 heteroatoms. The summed E-state index contributed by atoms with van der Waals surface area (Å²) in [6.45, 7) is 0. The Morgan fingerprint density at radius 2 is 1.84 bits per heavy atom. The van der Waals surface area contributed by atoms with Gasteiger partial charge < -0.3 is 4.98 Å². The molecule has 2 nitrogen and oxygen atoms in total. The molecule has 0 bridgehead atoms. The minimum atomic E-state index is -0.363. The highest BCUT2D eigenvalue weighted by atomic mass is 19.1. The molecular weight excluding hydrogens is 240 g/mol. The molecule has 1 aromatic heterocycles. The van der Waals surface area contributed by atoms with Crippen LogP contribution in [0, 0.1) is 5.82 Å². The van der Waals surface area contributed by atoms with Crippen LogP contribution in [0.5, 0.6) is 0 Å². The summed E-state index contributed by atoms with van der Waals surface area (Å²) in [6, 6.07) is 11.5. The highest BCUT2D eigenvalue weighted by molar-refractivity contribution is 6.32. The Bertz CT molecular complexity index is 762. The minimum absolute atomic E-state index is 0.363. The van der Waals surface area contributed by atoms with E-state index in [0.29, 0.717) is 22.1 Å². The van der Waals surface area contributed by atoms with Crippen molar-refractivity contribution in [2.75, 3.05) is 0 Å². The predicted octanol–water partition coefficient (Wildman–Crippen LogP) is 2.58. The summed E-state index contributed by atoms with van der Waals surface area (Å²) in [5.41, 5.74) is 3.36. The normalized spacial score (nSPS) is 10.8. The number of fused-ring (bicyclic) bond motifs is 1. The first-order valence-electron chi connectivity index (χ1n) is 5.81. The van der Waals surface area contributed by atoms with Crippen LogP contribution in [0.15, 0.2) is 42.5 Å². The summed E-state index contributed by atoms with van der Waals surface area (Å²) in [4.78, 5) is 14.4. The summed E-state index contributed by atoms with van der Waals surface area (Å²) in [5.74, 6) is -0.363. The van der Waals surface area contributed by atoms with Crippen molar-refractivity contribution in [1.82, 2.24) is 4.98 Å².